The van der Waals surface area contributed by atoms with E-state index in [2.05, 4.69) is 5.32 Å². The smallest absolute Gasteiger partial charge is 0.460 e. The van der Waals surface area contributed by atoms with Crippen LogP contribution in [0.4, 0.5) is 93.9 Å². The summed E-state index contributed by atoms with van der Waals surface area (Å²) < 4.78 is 285. The Labute approximate surface area is 369 Å². The van der Waals surface area contributed by atoms with Crippen molar-refractivity contribution in [2.24, 2.45) is 0 Å². The van der Waals surface area contributed by atoms with Gasteiger partial charge in [0.2, 0.25) is 0 Å². The maximum Gasteiger partial charge on any atom is 0.460 e. The quantitative estimate of drug-likeness (QED) is 0.0254. The molecule has 0 bridgehead atoms. The first kappa shape index (κ1) is 58.6. The number of ether oxygens (including phenoxy) is 3. The molecule has 3 N–H and O–H groups in total. The number of hydrogen-bond acceptors (Lipinski definition) is 7. The van der Waals surface area contributed by atoms with E-state index in [0.717, 1.165) is 25.3 Å². The zero-order valence-corrected chi connectivity index (χ0v) is 36.3. The number of alkyl halides is 17. The second-order valence-corrected chi connectivity index (χ2v) is 20.3. The summed E-state index contributed by atoms with van der Waals surface area (Å²) in [5, 5.41) is 11.0. The summed E-state index contributed by atoms with van der Waals surface area (Å²) in [6.07, 6.45) is -13.5. The molecule has 0 fully saturated rings. The first-order chi connectivity index (χ1) is 30.3. The molecule has 2 atom stereocenters. The molecule has 0 radical (unpaired) electrons. The van der Waals surface area contributed by atoms with Gasteiger partial charge in [0.05, 0.1) is 12.3 Å². The van der Waals surface area contributed by atoms with Crippen LogP contribution in [0.1, 0.15) is 52.7 Å². The van der Waals surface area contributed by atoms with Gasteiger partial charge in [0.25, 0.3) is 5.91 Å². The first-order valence-electron chi connectivity index (χ1n) is 18.9. The zero-order chi connectivity index (χ0) is 52.2. The van der Waals surface area contributed by atoms with Crippen LogP contribution in [-0.4, -0.2) is 99.6 Å². The number of carbonyl (C=O) groups is 2. The summed E-state index contributed by atoms with van der Waals surface area (Å²) in [5.41, 5.74) is -1.11. The van der Waals surface area contributed by atoms with E-state index in [1.54, 1.807) is 0 Å². The fraction of sp³-hybridized carbons (Fsp3) is 0.579. The Bertz CT molecular complexity index is 2030. The SMILES string of the molecule is CO[C@H](/C=C(\C)C(=O)NO)[C@H](OC(=O)Nc1ccc(F)cc1F)c1ccc(OCCO[Si](CCC(F)(F)C(F)(F)C(F)(F)C(F)(F)C(F)(F)C(F)(F)C(F)(F)C(F)(F)F)(C(C)C)C(C)C)cc1. The van der Waals surface area contributed by atoms with Crippen molar-refractivity contribution in [2.75, 3.05) is 25.6 Å². The molecule has 0 aromatic heterocycles. The fourth-order valence-corrected chi connectivity index (χ4v) is 10.8. The molecule has 0 heterocycles. The van der Waals surface area contributed by atoms with Crippen LogP contribution >= 0.6 is 0 Å². The summed E-state index contributed by atoms with van der Waals surface area (Å²) in [7, 11) is -2.97. The standard InChI is InChI=1S/C38H41F19N2O7Si/c1-19(2)67(20(3)4,16-13-31(41,42)32(43,44)33(45,46)34(47,48)35(49,50)36(51,52)37(53,54)38(55,56)57)65-15-14-64-24-10-7-22(8-11-24)28(27(63-6)17-21(5)29(60)59-62)66-30(61)58-26-12-9-23(39)18-25(26)40/h7-12,17-20,27-28,62H,13-16H2,1-6H3,(H,58,61)(H,59,60)/b21-17+/t27-,28-/m1/s1. The van der Waals surface area contributed by atoms with Crippen molar-refractivity contribution in [1.29, 1.82) is 0 Å². The number of carbonyl (C=O) groups excluding carboxylic acids is 2. The van der Waals surface area contributed by atoms with Gasteiger partial charge in [0.15, 0.2) is 14.4 Å². The maximum absolute atomic E-state index is 15.0. The lowest BCUT2D eigenvalue weighted by Gasteiger charge is -2.44. The van der Waals surface area contributed by atoms with Crippen molar-refractivity contribution >= 4 is 26.0 Å². The highest BCUT2D eigenvalue weighted by molar-refractivity contribution is 6.76. The van der Waals surface area contributed by atoms with E-state index in [4.69, 9.17) is 23.8 Å². The maximum atomic E-state index is 15.0. The van der Waals surface area contributed by atoms with Gasteiger partial charge < -0.3 is 18.6 Å². The van der Waals surface area contributed by atoms with Crippen LogP contribution in [0.15, 0.2) is 54.1 Å². The van der Waals surface area contributed by atoms with Gasteiger partial charge >= 0.3 is 53.7 Å². The van der Waals surface area contributed by atoms with Crippen molar-refractivity contribution in [3.05, 3.63) is 71.3 Å². The van der Waals surface area contributed by atoms with E-state index in [9.17, 15) is 93.0 Å². The molecule has 2 rings (SSSR count). The molecule has 2 aromatic carbocycles. The molecule has 0 spiro atoms. The van der Waals surface area contributed by atoms with Crippen LogP contribution in [0.5, 0.6) is 5.75 Å². The number of hydrogen-bond donors (Lipinski definition) is 3. The van der Waals surface area contributed by atoms with Gasteiger partial charge in [-0.25, -0.2) is 19.1 Å². The van der Waals surface area contributed by atoms with E-state index in [-0.39, 0.29) is 16.9 Å². The van der Waals surface area contributed by atoms with E-state index in [1.807, 2.05) is 0 Å². The Morgan fingerprint density at radius 3 is 1.66 bits per heavy atom. The first-order valence-corrected chi connectivity index (χ1v) is 21.2. The molecule has 2 aromatic rings. The second kappa shape index (κ2) is 21.0. The van der Waals surface area contributed by atoms with Gasteiger partial charge in [-0.2, -0.15) is 74.6 Å². The van der Waals surface area contributed by atoms with Crippen LogP contribution in [0, 0.1) is 11.6 Å². The van der Waals surface area contributed by atoms with Gasteiger partial charge in [-0.05, 0) is 60.0 Å². The second-order valence-electron chi connectivity index (χ2n) is 15.2. The lowest BCUT2D eigenvalue weighted by molar-refractivity contribution is -0.461. The molecule has 0 saturated carbocycles. The molecule has 0 aliphatic carbocycles. The monoisotopic (exact) mass is 1030 g/mol. The Kier molecular flexibility index (Phi) is 18.4. The molecular weight excluding hydrogens is 985 g/mol. The number of halogens is 19. The summed E-state index contributed by atoms with van der Waals surface area (Å²) in [6, 6.07) is 5.73. The highest BCUT2D eigenvalue weighted by atomic mass is 28.4. The van der Waals surface area contributed by atoms with Crippen LogP contribution in [-0.2, 0) is 18.7 Å². The Morgan fingerprint density at radius 1 is 0.716 bits per heavy atom. The highest BCUT2D eigenvalue weighted by Gasteiger charge is 2.95. The van der Waals surface area contributed by atoms with E-state index in [0.29, 0.717) is 6.07 Å². The average Bonchev–Trinajstić information content (AvgIpc) is 3.21. The van der Waals surface area contributed by atoms with Crippen molar-refractivity contribution in [3.63, 3.8) is 0 Å². The molecule has 0 aliphatic heterocycles. The molecule has 0 saturated heterocycles. The van der Waals surface area contributed by atoms with Crippen molar-refractivity contribution in [1.82, 2.24) is 5.48 Å². The third kappa shape index (κ3) is 11.7. The summed E-state index contributed by atoms with van der Waals surface area (Å²) in [6.45, 7) is 5.15. The third-order valence-electron chi connectivity index (χ3n) is 10.3. The van der Waals surface area contributed by atoms with Crippen LogP contribution in [0.2, 0.25) is 17.1 Å². The number of nitrogens with one attached hydrogen (secondary N) is 2. The summed E-state index contributed by atoms with van der Waals surface area (Å²) >= 11 is 0. The highest BCUT2D eigenvalue weighted by Crippen LogP contribution is 2.64. The molecule has 0 aliphatic rings. The predicted molar refractivity (Wildman–Crippen MR) is 198 cm³/mol. The number of methoxy groups -OCH3 is 1. The zero-order valence-electron chi connectivity index (χ0n) is 35.3. The third-order valence-corrected chi connectivity index (χ3v) is 16.0. The van der Waals surface area contributed by atoms with Gasteiger partial charge in [0.1, 0.15) is 30.1 Å². The molecule has 382 valence electrons. The minimum absolute atomic E-state index is 0.0321. The van der Waals surface area contributed by atoms with E-state index >= 15 is 0 Å². The largest absolute Gasteiger partial charge is 0.491 e. The number of anilines is 1. The van der Waals surface area contributed by atoms with Gasteiger partial charge in [-0.1, -0.05) is 39.8 Å². The Morgan fingerprint density at radius 2 is 1.21 bits per heavy atom. The summed E-state index contributed by atoms with van der Waals surface area (Å²) in [5.74, 6) is -60.3. The number of benzene rings is 2. The van der Waals surface area contributed by atoms with Crippen LogP contribution in [0.25, 0.3) is 0 Å². The molecule has 0 unspecified atom stereocenters. The van der Waals surface area contributed by atoms with Gasteiger partial charge in [-0.15, -0.1) is 0 Å². The van der Waals surface area contributed by atoms with Gasteiger partial charge in [-0.3, -0.25) is 15.3 Å². The van der Waals surface area contributed by atoms with E-state index in [1.165, 1.54) is 64.4 Å². The van der Waals surface area contributed by atoms with Crippen molar-refractivity contribution in [2.45, 2.75) is 118 Å². The predicted octanol–water partition coefficient (Wildman–Crippen LogP) is 12.3. The van der Waals surface area contributed by atoms with Crippen LogP contribution in [0.3, 0.4) is 0 Å². The van der Waals surface area contributed by atoms with Crippen molar-refractivity contribution in [3.8, 4) is 5.75 Å². The lowest BCUT2D eigenvalue weighted by Crippen LogP contribution is -2.74. The average molecular weight is 1030 g/mol. The minimum Gasteiger partial charge on any atom is -0.491 e. The number of amides is 2. The Balaban J connectivity index is 2.35. The fourth-order valence-electron chi connectivity index (χ4n) is 6.36. The number of rotatable bonds is 23. The topological polar surface area (TPSA) is 115 Å². The minimum atomic E-state index is -8.73. The molecule has 29 heteroatoms. The molecule has 9 nitrogen and oxygen atoms in total. The van der Waals surface area contributed by atoms with Gasteiger partial charge in [0, 0.05) is 25.2 Å². The van der Waals surface area contributed by atoms with E-state index < -0.39 is 134 Å². The van der Waals surface area contributed by atoms with Crippen molar-refractivity contribution < 1.29 is 117 Å². The lowest BCUT2D eigenvalue weighted by atomic mass is 9.88. The molecular formula is C38H41F19N2O7Si. The number of hydroxylamine groups is 1. The molecule has 2 amide bonds. The summed E-state index contributed by atoms with van der Waals surface area (Å²) in [4.78, 5) is 24.8. The molecule has 67 heavy (non-hydrogen) atoms. The normalized spacial score (nSPS) is 15.1. The Hall–Kier alpha value is -4.51. The van der Waals surface area contributed by atoms with Crippen LogP contribution < -0.4 is 15.5 Å².